The number of ether oxygens (including phenoxy) is 1. The number of methoxy groups -OCH3 is 1. The molecule has 1 fully saturated rings. The smallest absolute Gasteiger partial charge is 0.119 e. The van der Waals surface area contributed by atoms with E-state index in [1.807, 2.05) is 0 Å². The summed E-state index contributed by atoms with van der Waals surface area (Å²) >= 11 is 0. The average molecular weight is 344 g/mol. The average Bonchev–Trinajstić information content (AvgIpc) is 2.98. The summed E-state index contributed by atoms with van der Waals surface area (Å²) < 4.78 is 8.01. The van der Waals surface area contributed by atoms with Gasteiger partial charge in [0.15, 0.2) is 0 Å². The molecular weight excluding hydrogens is 310 g/mol. The number of benzene rings is 1. The molecule has 1 aromatic carbocycles. The molecule has 0 saturated heterocycles. The van der Waals surface area contributed by atoms with Crippen molar-refractivity contribution in [1.29, 1.82) is 0 Å². The third kappa shape index (κ3) is 4.18. The minimum atomic E-state index is 0.624. The highest BCUT2D eigenvalue weighted by Crippen LogP contribution is 2.35. The lowest BCUT2D eigenvalue weighted by Crippen LogP contribution is -2.33. The van der Waals surface area contributed by atoms with Crippen LogP contribution < -0.4 is 10.1 Å². The van der Waals surface area contributed by atoms with Gasteiger partial charge < -0.3 is 19.5 Å². The van der Waals surface area contributed by atoms with Gasteiger partial charge in [0.1, 0.15) is 5.75 Å². The van der Waals surface area contributed by atoms with E-state index in [9.17, 15) is 0 Å². The van der Waals surface area contributed by atoms with Crippen LogP contribution in [0.2, 0.25) is 0 Å². The van der Waals surface area contributed by atoms with Crippen LogP contribution in [0.4, 0.5) is 0 Å². The third-order valence-corrected chi connectivity index (χ3v) is 5.53. The third-order valence-electron chi connectivity index (χ3n) is 5.53. The summed E-state index contributed by atoms with van der Waals surface area (Å²) in [6.07, 6.45) is 8.58. The zero-order valence-corrected chi connectivity index (χ0v) is 16.2. The predicted octanol–water partition coefficient (Wildman–Crippen LogP) is 3.85. The Morgan fingerprint density at radius 3 is 2.60 bits per heavy atom. The molecule has 0 radical (unpaired) electrons. The summed E-state index contributed by atoms with van der Waals surface area (Å²) in [5.41, 5.74) is 2.80. The van der Waals surface area contributed by atoms with Gasteiger partial charge in [-0.2, -0.15) is 0 Å². The minimum Gasteiger partial charge on any atom is -0.497 e. The van der Waals surface area contributed by atoms with E-state index in [4.69, 9.17) is 4.74 Å². The maximum absolute atomic E-state index is 5.47. The zero-order valence-electron chi connectivity index (χ0n) is 16.2. The van der Waals surface area contributed by atoms with Gasteiger partial charge in [0.25, 0.3) is 0 Å². The molecule has 0 spiro atoms. The molecule has 2 aromatic rings. The molecule has 0 bridgehead atoms. The molecule has 4 nitrogen and oxygen atoms in total. The quantitative estimate of drug-likeness (QED) is 0.828. The lowest BCUT2D eigenvalue weighted by Gasteiger charge is -2.30. The number of hydrogen-bond donors (Lipinski definition) is 1. The van der Waals surface area contributed by atoms with Crippen LogP contribution >= 0.6 is 0 Å². The van der Waals surface area contributed by atoms with Crippen LogP contribution in [-0.2, 0) is 6.42 Å². The van der Waals surface area contributed by atoms with E-state index in [0.717, 1.165) is 25.3 Å². The number of fused-ring (bicyclic) bond motifs is 1. The first-order chi connectivity index (χ1) is 12.1. The second-order valence-electron chi connectivity index (χ2n) is 7.56. The molecule has 0 aliphatic heterocycles. The largest absolute Gasteiger partial charge is 0.497 e. The predicted molar refractivity (Wildman–Crippen MR) is 106 cm³/mol. The Kier molecular flexibility index (Phi) is 6.02. The van der Waals surface area contributed by atoms with Crippen molar-refractivity contribution in [2.75, 3.05) is 34.3 Å². The highest BCUT2D eigenvalue weighted by atomic mass is 16.5. The van der Waals surface area contributed by atoms with Gasteiger partial charge in [0.2, 0.25) is 0 Å². The summed E-state index contributed by atoms with van der Waals surface area (Å²) in [6.45, 7) is 4.36. The van der Waals surface area contributed by atoms with Crippen LogP contribution in [-0.4, -0.2) is 49.8 Å². The van der Waals surface area contributed by atoms with E-state index in [1.54, 1.807) is 7.11 Å². The Hall–Kier alpha value is -1.52. The van der Waals surface area contributed by atoms with Crippen molar-refractivity contribution in [2.45, 2.75) is 51.1 Å². The topological polar surface area (TPSA) is 29.4 Å². The van der Waals surface area contributed by atoms with Crippen LogP contribution in [0.15, 0.2) is 24.4 Å². The SMILES string of the molecule is CCNC1CCC(n2cc(CCN(C)C)c3cc(OC)ccc32)CC1. The highest BCUT2D eigenvalue weighted by molar-refractivity contribution is 5.85. The Morgan fingerprint density at radius 1 is 1.20 bits per heavy atom. The maximum Gasteiger partial charge on any atom is 0.119 e. The molecule has 1 aromatic heterocycles. The van der Waals surface area contributed by atoms with Gasteiger partial charge in [-0.05, 0) is 76.5 Å². The van der Waals surface area contributed by atoms with Crippen LogP contribution in [0.1, 0.15) is 44.2 Å². The van der Waals surface area contributed by atoms with Crippen molar-refractivity contribution >= 4 is 10.9 Å². The van der Waals surface area contributed by atoms with Crippen LogP contribution in [0.3, 0.4) is 0 Å². The molecule has 138 valence electrons. The van der Waals surface area contributed by atoms with E-state index in [-0.39, 0.29) is 0 Å². The Labute approximate surface area is 152 Å². The molecule has 1 heterocycles. The van der Waals surface area contributed by atoms with Crippen molar-refractivity contribution in [3.63, 3.8) is 0 Å². The van der Waals surface area contributed by atoms with Gasteiger partial charge >= 0.3 is 0 Å². The molecule has 1 N–H and O–H groups in total. The fourth-order valence-corrected chi connectivity index (χ4v) is 4.12. The number of aromatic nitrogens is 1. The summed E-state index contributed by atoms with van der Waals surface area (Å²) in [5, 5.41) is 4.97. The lowest BCUT2D eigenvalue weighted by molar-refractivity contribution is 0.298. The summed E-state index contributed by atoms with van der Waals surface area (Å²) in [5.74, 6) is 0.951. The standard InChI is InChI=1S/C21H33N3O/c1-5-22-17-6-8-18(9-7-17)24-15-16(12-13-23(2)3)20-14-19(25-4)10-11-21(20)24/h10-11,14-15,17-18,22H,5-9,12-13H2,1-4H3. The number of rotatable bonds is 7. The first-order valence-electron chi connectivity index (χ1n) is 9.68. The molecule has 1 aliphatic rings. The summed E-state index contributed by atoms with van der Waals surface area (Å²) in [4.78, 5) is 2.25. The van der Waals surface area contributed by atoms with Crippen LogP contribution in [0.25, 0.3) is 10.9 Å². The number of hydrogen-bond acceptors (Lipinski definition) is 3. The van der Waals surface area contributed by atoms with Gasteiger partial charge in [0, 0.05) is 35.7 Å². The fourth-order valence-electron chi connectivity index (χ4n) is 4.12. The number of nitrogens with zero attached hydrogens (tertiary/aromatic N) is 2. The fraction of sp³-hybridized carbons (Fsp3) is 0.619. The molecule has 4 heteroatoms. The number of nitrogens with one attached hydrogen (secondary N) is 1. The minimum absolute atomic E-state index is 0.624. The second kappa shape index (κ2) is 8.24. The van der Waals surface area contributed by atoms with E-state index in [0.29, 0.717) is 12.1 Å². The van der Waals surface area contributed by atoms with Crippen molar-refractivity contribution in [3.05, 3.63) is 30.0 Å². The first kappa shape index (κ1) is 18.3. The van der Waals surface area contributed by atoms with Gasteiger partial charge in [-0.25, -0.2) is 0 Å². The molecule has 0 unspecified atom stereocenters. The Balaban J connectivity index is 1.87. The lowest BCUT2D eigenvalue weighted by atomic mass is 9.91. The highest BCUT2D eigenvalue weighted by Gasteiger charge is 2.23. The van der Waals surface area contributed by atoms with Crippen molar-refractivity contribution in [1.82, 2.24) is 14.8 Å². The Morgan fingerprint density at radius 2 is 1.96 bits per heavy atom. The molecule has 1 aliphatic carbocycles. The normalized spacial score (nSPS) is 21.2. The van der Waals surface area contributed by atoms with Gasteiger partial charge in [0.05, 0.1) is 7.11 Å². The maximum atomic E-state index is 5.47. The van der Waals surface area contributed by atoms with E-state index in [1.165, 1.54) is 42.1 Å². The molecule has 0 atom stereocenters. The van der Waals surface area contributed by atoms with Crippen molar-refractivity contribution in [2.24, 2.45) is 0 Å². The molecule has 3 rings (SSSR count). The van der Waals surface area contributed by atoms with E-state index in [2.05, 4.69) is 60.2 Å². The van der Waals surface area contributed by atoms with Gasteiger partial charge in [-0.3, -0.25) is 0 Å². The molecule has 0 amide bonds. The van der Waals surface area contributed by atoms with Gasteiger partial charge in [-0.1, -0.05) is 6.92 Å². The second-order valence-corrected chi connectivity index (χ2v) is 7.56. The molecular formula is C21H33N3O. The first-order valence-corrected chi connectivity index (χ1v) is 9.68. The van der Waals surface area contributed by atoms with Crippen LogP contribution in [0, 0.1) is 0 Å². The van der Waals surface area contributed by atoms with E-state index >= 15 is 0 Å². The monoisotopic (exact) mass is 343 g/mol. The molecule has 1 saturated carbocycles. The summed E-state index contributed by atoms with van der Waals surface area (Å²) in [7, 11) is 6.03. The van der Waals surface area contributed by atoms with Gasteiger partial charge in [-0.15, -0.1) is 0 Å². The zero-order chi connectivity index (χ0) is 17.8. The van der Waals surface area contributed by atoms with E-state index < -0.39 is 0 Å². The molecule has 25 heavy (non-hydrogen) atoms. The van der Waals surface area contributed by atoms with Crippen LogP contribution in [0.5, 0.6) is 5.75 Å². The number of likely N-dealkylation sites (N-methyl/N-ethyl adjacent to an activating group) is 1. The summed E-state index contributed by atoms with van der Waals surface area (Å²) in [6, 6.07) is 7.87. The Bertz CT molecular complexity index is 684. The van der Waals surface area contributed by atoms with Crippen molar-refractivity contribution < 1.29 is 4.74 Å². The van der Waals surface area contributed by atoms with Crippen molar-refractivity contribution in [3.8, 4) is 5.75 Å².